The molecular weight excluding hydrogens is 370 g/mol. The van der Waals surface area contributed by atoms with Gasteiger partial charge in [0.1, 0.15) is 0 Å². The van der Waals surface area contributed by atoms with E-state index in [1.165, 1.54) is 28.6 Å². The Morgan fingerprint density at radius 3 is 2.22 bits per heavy atom. The molecule has 2 fully saturated rings. The van der Waals surface area contributed by atoms with Gasteiger partial charge < -0.3 is 4.90 Å². The van der Waals surface area contributed by atoms with E-state index in [1.807, 2.05) is 4.90 Å². The Balaban J connectivity index is 1.72. The van der Waals surface area contributed by atoms with Crippen molar-refractivity contribution in [3.8, 4) is 0 Å². The fourth-order valence-corrected chi connectivity index (χ4v) is 5.32. The molecule has 27 heavy (non-hydrogen) atoms. The van der Waals surface area contributed by atoms with Gasteiger partial charge in [0.15, 0.2) is 0 Å². The second kappa shape index (κ2) is 8.35. The van der Waals surface area contributed by atoms with Gasteiger partial charge in [-0.3, -0.25) is 14.9 Å². The molecular formula is C18H25N3O5S. The molecule has 1 atom stereocenters. The molecule has 0 radical (unpaired) electrons. The molecule has 3 rings (SSSR count). The van der Waals surface area contributed by atoms with E-state index in [2.05, 4.69) is 0 Å². The maximum atomic E-state index is 12.9. The number of hydrogen-bond acceptors (Lipinski definition) is 5. The molecule has 1 aromatic carbocycles. The predicted molar refractivity (Wildman–Crippen MR) is 99.6 cm³/mol. The summed E-state index contributed by atoms with van der Waals surface area (Å²) in [5.41, 5.74) is -0.151. The Morgan fingerprint density at radius 1 is 1.00 bits per heavy atom. The van der Waals surface area contributed by atoms with Crippen LogP contribution in [0.3, 0.4) is 0 Å². The van der Waals surface area contributed by atoms with Crippen molar-refractivity contribution >= 4 is 21.6 Å². The van der Waals surface area contributed by atoms with E-state index in [1.54, 1.807) is 0 Å². The van der Waals surface area contributed by atoms with Gasteiger partial charge in [0, 0.05) is 38.3 Å². The quantitative estimate of drug-likeness (QED) is 0.575. The van der Waals surface area contributed by atoms with Crippen molar-refractivity contribution in [2.24, 2.45) is 5.92 Å². The minimum atomic E-state index is -3.77. The summed E-state index contributed by atoms with van der Waals surface area (Å²) in [4.78, 5) is 25.0. The fourth-order valence-electron chi connectivity index (χ4n) is 3.80. The topological polar surface area (TPSA) is 101 Å². The van der Waals surface area contributed by atoms with Gasteiger partial charge >= 0.3 is 0 Å². The monoisotopic (exact) mass is 395 g/mol. The SMILES string of the molecule is O=C([C@@H]1CCCN(S(=O)(=O)c2ccc([N+](=O)[O-])cc2)C1)N1CCCCCC1. The smallest absolute Gasteiger partial charge is 0.269 e. The molecule has 1 amide bonds. The Kier molecular flexibility index (Phi) is 6.11. The predicted octanol–water partition coefficient (Wildman–Crippen LogP) is 2.40. The third-order valence-electron chi connectivity index (χ3n) is 5.34. The number of amides is 1. The summed E-state index contributed by atoms with van der Waals surface area (Å²) in [6, 6.07) is 4.90. The van der Waals surface area contributed by atoms with Crippen LogP contribution in [-0.4, -0.2) is 54.6 Å². The number of rotatable bonds is 4. The van der Waals surface area contributed by atoms with E-state index >= 15 is 0 Å². The number of carbonyl (C=O) groups is 1. The maximum Gasteiger partial charge on any atom is 0.269 e. The molecule has 0 saturated carbocycles. The zero-order chi connectivity index (χ0) is 19.4. The Bertz CT molecular complexity index is 786. The first-order valence-corrected chi connectivity index (χ1v) is 10.9. The number of carbonyl (C=O) groups excluding carboxylic acids is 1. The molecule has 1 aromatic rings. The third kappa shape index (κ3) is 4.47. The molecule has 2 saturated heterocycles. The molecule has 0 unspecified atom stereocenters. The maximum absolute atomic E-state index is 12.9. The van der Waals surface area contributed by atoms with Crippen molar-refractivity contribution in [2.45, 2.75) is 43.4 Å². The number of nitro groups is 1. The van der Waals surface area contributed by atoms with Crippen LogP contribution in [0.25, 0.3) is 0 Å². The van der Waals surface area contributed by atoms with E-state index in [0.717, 1.165) is 38.8 Å². The summed E-state index contributed by atoms with van der Waals surface area (Å²) in [6.45, 7) is 2.05. The van der Waals surface area contributed by atoms with Gasteiger partial charge in [0.25, 0.3) is 5.69 Å². The number of hydrogen-bond donors (Lipinski definition) is 0. The van der Waals surface area contributed by atoms with Gasteiger partial charge in [0.2, 0.25) is 15.9 Å². The molecule has 0 aromatic heterocycles. The zero-order valence-electron chi connectivity index (χ0n) is 15.2. The van der Waals surface area contributed by atoms with E-state index in [9.17, 15) is 23.3 Å². The third-order valence-corrected chi connectivity index (χ3v) is 7.22. The highest BCUT2D eigenvalue weighted by Gasteiger charge is 2.35. The standard InChI is InChI=1S/C18H25N3O5S/c22-18(19-11-3-1-2-4-12-19)15-6-5-13-20(14-15)27(25,26)17-9-7-16(8-10-17)21(23)24/h7-10,15H,1-6,11-14H2/t15-/m1/s1. The van der Waals surface area contributed by atoms with Crippen LogP contribution in [0.1, 0.15) is 38.5 Å². The van der Waals surface area contributed by atoms with Crippen LogP contribution in [0.15, 0.2) is 29.2 Å². The average Bonchev–Trinajstić information content (AvgIpc) is 2.97. The lowest BCUT2D eigenvalue weighted by Gasteiger charge is -2.34. The van der Waals surface area contributed by atoms with Gasteiger partial charge in [0.05, 0.1) is 15.7 Å². The molecule has 0 spiro atoms. The molecule has 9 heteroatoms. The van der Waals surface area contributed by atoms with Crippen molar-refractivity contribution in [2.75, 3.05) is 26.2 Å². The lowest BCUT2D eigenvalue weighted by atomic mass is 9.98. The van der Waals surface area contributed by atoms with Gasteiger partial charge in [-0.15, -0.1) is 0 Å². The second-order valence-electron chi connectivity index (χ2n) is 7.19. The molecule has 2 aliphatic rings. The summed E-state index contributed by atoms with van der Waals surface area (Å²) in [6.07, 6.45) is 5.61. The highest BCUT2D eigenvalue weighted by molar-refractivity contribution is 7.89. The number of nitro benzene ring substituents is 1. The first-order valence-electron chi connectivity index (χ1n) is 9.43. The van der Waals surface area contributed by atoms with Crippen LogP contribution in [-0.2, 0) is 14.8 Å². The number of benzene rings is 1. The van der Waals surface area contributed by atoms with Gasteiger partial charge in [-0.05, 0) is 37.8 Å². The van der Waals surface area contributed by atoms with Crippen LogP contribution >= 0.6 is 0 Å². The fraction of sp³-hybridized carbons (Fsp3) is 0.611. The summed E-state index contributed by atoms with van der Waals surface area (Å²) < 4.78 is 27.1. The summed E-state index contributed by atoms with van der Waals surface area (Å²) >= 11 is 0. The van der Waals surface area contributed by atoms with E-state index in [4.69, 9.17) is 0 Å². The van der Waals surface area contributed by atoms with E-state index in [0.29, 0.717) is 19.4 Å². The Labute approximate surface area is 159 Å². The van der Waals surface area contributed by atoms with Crippen LogP contribution in [0, 0.1) is 16.0 Å². The van der Waals surface area contributed by atoms with Crippen molar-refractivity contribution in [1.82, 2.24) is 9.21 Å². The van der Waals surface area contributed by atoms with Crippen LogP contribution in [0.2, 0.25) is 0 Å². The first kappa shape index (κ1) is 19.8. The lowest BCUT2D eigenvalue weighted by Crippen LogP contribution is -2.46. The minimum absolute atomic E-state index is 0.0240. The Morgan fingerprint density at radius 2 is 1.63 bits per heavy atom. The van der Waals surface area contributed by atoms with E-state index < -0.39 is 14.9 Å². The van der Waals surface area contributed by atoms with Gasteiger partial charge in [-0.1, -0.05) is 12.8 Å². The molecule has 0 N–H and O–H groups in total. The number of non-ortho nitro benzene ring substituents is 1. The molecule has 0 bridgehead atoms. The van der Waals surface area contributed by atoms with E-state index in [-0.39, 0.29) is 29.0 Å². The van der Waals surface area contributed by atoms with Crippen molar-refractivity contribution < 1.29 is 18.1 Å². The summed E-state index contributed by atoms with van der Waals surface area (Å²) in [5.74, 6) is -0.259. The highest BCUT2D eigenvalue weighted by Crippen LogP contribution is 2.26. The second-order valence-corrected chi connectivity index (χ2v) is 9.13. The molecule has 2 aliphatic heterocycles. The number of likely N-dealkylation sites (tertiary alicyclic amines) is 1. The lowest BCUT2D eigenvalue weighted by molar-refractivity contribution is -0.384. The minimum Gasteiger partial charge on any atom is -0.342 e. The Hall–Kier alpha value is -2.00. The summed E-state index contributed by atoms with van der Waals surface area (Å²) in [5, 5.41) is 10.8. The van der Waals surface area contributed by atoms with Gasteiger partial charge in [-0.25, -0.2) is 8.42 Å². The number of nitrogens with zero attached hydrogens (tertiary/aromatic N) is 3. The van der Waals surface area contributed by atoms with Crippen LogP contribution in [0.4, 0.5) is 5.69 Å². The first-order chi connectivity index (χ1) is 12.9. The number of piperidine rings is 1. The summed E-state index contributed by atoms with van der Waals surface area (Å²) in [7, 11) is -3.77. The zero-order valence-corrected chi connectivity index (χ0v) is 16.1. The molecule has 148 valence electrons. The normalized spacial score (nSPS) is 22.2. The van der Waals surface area contributed by atoms with Crippen LogP contribution in [0.5, 0.6) is 0 Å². The van der Waals surface area contributed by atoms with Crippen molar-refractivity contribution in [3.05, 3.63) is 34.4 Å². The molecule has 8 nitrogen and oxygen atoms in total. The van der Waals surface area contributed by atoms with Gasteiger partial charge in [-0.2, -0.15) is 4.31 Å². The number of sulfonamides is 1. The van der Waals surface area contributed by atoms with Crippen molar-refractivity contribution in [3.63, 3.8) is 0 Å². The molecule has 0 aliphatic carbocycles. The molecule has 2 heterocycles. The van der Waals surface area contributed by atoms with Crippen molar-refractivity contribution in [1.29, 1.82) is 0 Å². The highest BCUT2D eigenvalue weighted by atomic mass is 32.2. The largest absolute Gasteiger partial charge is 0.342 e. The average molecular weight is 395 g/mol. The van der Waals surface area contributed by atoms with Crippen LogP contribution < -0.4 is 0 Å².